The lowest BCUT2D eigenvalue weighted by atomic mass is 10.00. The molecule has 0 aromatic heterocycles. The van der Waals surface area contributed by atoms with Crippen molar-refractivity contribution in [1.82, 2.24) is 4.90 Å². The zero-order chi connectivity index (χ0) is 15.0. The van der Waals surface area contributed by atoms with Crippen molar-refractivity contribution in [2.24, 2.45) is 11.7 Å². The van der Waals surface area contributed by atoms with Crippen LogP contribution >= 0.6 is 0 Å². The lowest BCUT2D eigenvalue weighted by Crippen LogP contribution is -2.45. The largest absolute Gasteiger partial charge is 0.488 e. The first kappa shape index (κ1) is 14.8. The Morgan fingerprint density at radius 2 is 2.14 bits per heavy atom. The molecule has 2 heterocycles. The molecule has 0 aliphatic carbocycles. The second-order valence-electron chi connectivity index (χ2n) is 6.18. The van der Waals surface area contributed by atoms with Gasteiger partial charge in [-0.15, -0.1) is 0 Å². The molecule has 116 valence electrons. The number of benzene rings is 1. The molecule has 5 nitrogen and oxygen atoms in total. The normalized spacial score (nSPS) is 29.2. The summed E-state index contributed by atoms with van der Waals surface area (Å²) in [7, 11) is -0.726. The fourth-order valence-electron chi connectivity index (χ4n) is 3.24. The highest BCUT2D eigenvalue weighted by molar-refractivity contribution is 7.92. The van der Waals surface area contributed by atoms with Gasteiger partial charge in [-0.25, -0.2) is 8.42 Å². The second-order valence-corrected chi connectivity index (χ2v) is 8.34. The number of ether oxygens (including phenoxy) is 1. The molecule has 0 amide bonds. The van der Waals surface area contributed by atoms with Gasteiger partial charge in [0.15, 0.2) is 9.84 Å². The van der Waals surface area contributed by atoms with E-state index in [1.54, 1.807) is 0 Å². The van der Waals surface area contributed by atoms with Crippen molar-refractivity contribution in [1.29, 1.82) is 0 Å². The van der Waals surface area contributed by atoms with E-state index in [0.717, 1.165) is 25.3 Å². The van der Waals surface area contributed by atoms with Gasteiger partial charge in [0, 0.05) is 12.6 Å². The van der Waals surface area contributed by atoms with Crippen molar-refractivity contribution in [3.8, 4) is 5.75 Å². The molecule has 2 aliphatic heterocycles. The Morgan fingerprint density at radius 1 is 1.38 bits per heavy atom. The van der Waals surface area contributed by atoms with Crippen LogP contribution in [-0.4, -0.2) is 51.1 Å². The van der Waals surface area contributed by atoms with Crippen LogP contribution in [0.2, 0.25) is 0 Å². The molecule has 6 heteroatoms. The van der Waals surface area contributed by atoms with E-state index in [1.165, 1.54) is 5.56 Å². The van der Waals surface area contributed by atoms with Crippen LogP contribution < -0.4 is 10.5 Å². The zero-order valence-corrected chi connectivity index (χ0v) is 13.1. The maximum atomic E-state index is 11.2. The average molecular weight is 310 g/mol. The second kappa shape index (κ2) is 5.59. The molecule has 1 aromatic carbocycles. The highest BCUT2D eigenvalue weighted by Crippen LogP contribution is 2.35. The molecule has 1 aromatic rings. The van der Waals surface area contributed by atoms with Gasteiger partial charge in [0.05, 0.1) is 11.5 Å². The third-order valence-corrected chi connectivity index (χ3v) is 6.15. The highest BCUT2D eigenvalue weighted by atomic mass is 32.2. The Bertz CT molecular complexity index is 605. The standard InChI is InChI=1S/C15H22N2O3S/c1-17-8-11(7-16)5-15(17)12-3-2-4-13(6-12)20-14-9-21(18,19)10-14/h2-4,6,11,14-15H,5,7-10,16H2,1H3. The van der Waals surface area contributed by atoms with Crippen molar-refractivity contribution >= 4 is 9.84 Å². The number of nitrogens with zero attached hydrogens (tertiary/aromatic N) is 1. The first-order valence-corrected chi connectivity index (χ1v) is 9.16. The number of hydrogen-bond donors (Lipinski definition) is 1. The van der Waals surface area contributed by atoms with Gasteiger partial charge >= 0.3 is 0 Å². The minimum atomic E-state index is -2.84. The molecule has 2 saturated heterocycles. The van der Waals surface area contributed by atoms with Gasteiger partial charge in [-0.3, -0.25) is 4.90 Å². The number of rotatable bonds is 4. The lowest BCUT2D eigenvalue weighted by molar-refractivity contribution is 0.229. The summed E-state index contributed by atoms with van der Waals surface area (Å²) in [5.74, 6) is 1.57. The van der Waals surface area contributed by atoms with Gasteiger partial charge in [0.25, 0.3) is 0 Å². The summed E-state index contributed by atoms with van der Waals surface area (Å²) >= 11 is 0. The number of sulfone groups is 1. The molecule has 0 radical (unpaired) electrons. The monoisotopic (exact) mass is 310 g/mol. The van der Waals surface area contributed by atoms with Crippen LogP contribution in [0.4, 0.5) is 0 Å². The van der Waals surface area contributed by atoms with Crippen LogP contribution in [-0.2, 0) is 9.84 Å². The summed E-state index contributed by atoms with van der Waals surface area (Å²) in [5, 5.41) is 0. The van der Waals surface area contributed by atoms with Gasteiger partial charge in [-0.1, -0.05) is 12.1 Å². The number of nitrogens with two attached hydrogens (primary N) is 1. The van der Waals surface area contributed by atoms with E-state index < -0.39 is 9.84 Å². The predicted molar refractivity (Wildman–Crippen MR) is 82.0 cm³/mol. The average Bonchev–Trinajstić information content (AvgIpc) is 2.78. The summed E-state index contributed by atoms with van der Waals surface area (Å²) in [4.78, 5) is 2.32. The van der Waals surface area contributed by atoms with Crippen LogP contribution in [0, 0.1) is 5.92 Å². The molecule has 2 fully saturated rings. The van der Waals surface area contributed by atoms with Crippen LogP contribution in [0.3, 0.4) is 0 Å². The van der Waals surface area contributed by atoms with Crippen LogP contribution in [0.25, 0.3) is 0 Å². The molecule has 2 N–H and O–H groups in total. The van der Waals surface area contributed by atoms with Gasteiger partial charge in [0.1, 0.15) is 11.9 Å². The van der Waals surface area contributed by atoms with Crippen LogP contribution in [0.1, 0.15) is 18.0 Å². The van der Waals surface area contributed by atoms with E-state index in [0.29, 0.717) is 12.0 Å². The molecule has 0 spiro atoms. The van der Waals surface area contributed by atoms with Gasteiger partial charge < -0.3 is 10.5 Å². The SMILES string of the molecule is CN1CC(CN)CC1c1cccc(OC2CS(=O)(=O)C2)c1. The molecular weight excluding hydrogens is 288 g/mol. The Morgan fingerprint density at radius 3 is 2.76 bits per heavy atom. The maximum absolute atomic E-state index is 11.2. The molecule has 21 heavy (non-hydrogen) atoms. The van der Waals surface area contributed by atoms with Crippen molar-refractivity contribution in [3.05, 3.63) is 29.8 Å². The molecule has 0 saturated carbocycles. The first-order valence-electron chi connectivity index (χ1n) is 7.34. The van der Waals surface area contributed by atoms with Gasteiger partial charge in [-0.05, 0) is 43.6 Å². The lowest BCUT2D eigenvalue weighted by Gasteiger charge is -2.27. The molecule has 2 aliphatic rings. The van der Waals surface area contributed by atoms with Crippen molar-refractivity contribution in [2.45, 2.75) is 18.6 Å². The van der Waals surface area contributed by atoms with E-state index >= 15 is 0 Å². The first-order chi connectivity index (χ1) is 9.97. The quantitative estimate of drug-likeness (QED) is 0.891. The van der Waals surface area contributed by atoms with E-state index in [2.05, 4.69) is 18.0 Å². The summed E-state index contributed by atoms with van der Waals surface area (Å²) < 4.78 is 28.1. The summed E-state index contributed by atoms with van der Waals surface area (Å²) in [6.07, 6.45) is 0.872. The third kappa shape index (κ3) is 3.22. The zero-order valence-electron chi connectivity index (χ0n) is 12.2. The maximum Gasteiger partial charge on any atom is 0.157 e. The Balaban J connectivity index is 1.69. The topological polar surface area (TPSA) is 72.6 Å². The van der Waals surface area contributed by atoms with Crippen LogP contribution in [0.15, 0.2) is 24.3 Å². The summed E-state index contributed by atoms with van der Waals surface area (Å²) in [6, 6.07) is 8.37. The van der Waals surface area contributed by atoms with Gasteiger partial charge in [-0.2, -0.15) is 0 Å². The van der Waals surface area contributed by atoms with E-state index in [1.807, 2.05) is 18.2 Å². The fraction of sp³-hybridized carbons (Fsp3) is 0.600. The number of hydrogen-bond acceptors (Lipinski definition) is 5. The Labute approximate surface area is 126 Å². The smallest absolute Gasteiger partial charge is 0.157 e. The van der Waals surface area contributed by atoms with Crippen LogP contribution in [0.5, 0.6) is 5.75 Å². The molecule has 2 atom stereocenters. The van der Waals surface area contributed by atoms with E-state index in [-0.39, 0.29) is 17.6 Å². The van der Waals surface area contributed by atoms with Crippen molar-refractivity contribution < 1.29 is 13.2 Å². The molecule has 2 unspecified atom stereocenters. The minimum Gasteiger partial charge on any atom is -0.488 e. The highest BCUT2D eigenvalue weighted by Gasteiger charge is 2.35. The van der Waals surface area contributed by atoms with Crippen molar-refractivity contribution in [3.63, 3.8) is 0 Å². The number of likely N-dealkylation sites (tertiary alicyclic amines) is 1. The fourth-order valence-corrected chi connectivity index (χ4v) is 4.41. The molecule has 3 rings (SSSR count). The third-order valence-electron chi connectivity index (χ3n) is 4.39. The molecule has 0 bridgehead atoms. The van der Waals surface area contributed by atoms with Gasteiger partial charge in [0.2, 0.25) is 0 Å². The summed E-state index contributed by atoms with van der Waals surface area (Å²) in [6.45, 7) is 1.74. The van der Waals surface area contributed by atoms with E-state index in [9.17, 15) is 8.42 Å². The Hall–Kier alpha value is -1.11. The van der Waals surface area contributed by atoms with E-state index in [4.69, 9.17) is 10.5 Å². The summed E-state index contributed by atoms with van der Waals surface area (Å²) in [5.41, 5.74) is 6.99. The minimum absolute atomic E-state index is 0.135. The molecular formula is C15H22N2O3S. The van der Waals surface area contributed by atoms with Crippen molar-refractivity contribution in [2.75, 3.05) is 31.6 Å². The predicted octanol–water partition coefficient (Wildman–Crippen LogP) is 0.814. The Kier molecular flexibility index (Phi) is 3.94.